The fourth-order valence-corrected chi connectivity index (χ4v) is 2.12. The third-order valence-corrected chi connectivity index (χ3v) is 3.29. The molecular weight excluding hydrogens is 264 g/mol. The number of carbonyl (C=O) groups is 1. The van der Waals surface area contributed by atoms with Gasteiger partial charge in [0.1, 0.15) is 6.61 Å². The molecule has 102 valence electrons. The van der Waals surface area contributed by atoms with Crippen LogP contribution in [0.15, 0.2) is 35.1 Å². The molecule has 19 heavy (non-hydrogen) atoms. The van der Waals surface area contributed by atoms with Crippen LogP contribution in [0.4, 0.5) is 0 Å². The predicted octanol–water partition coefficient (Wildman–Crippen LogP) is 3.24. The molecule has 0 aliphatic heterocycles. The maximum absolute atomic E-state index is 11.6. The molecule has 1 rings (SSSR count). The van der Waals surface area contributed by atoms with E-state index < -0.39 is 5.95 Å². The lowest BCUT2D eigenvalue weighted by Crippen LogP contribution is -1.94. The van der Waals surface area contributed by atoms with E-state index in [-0.39, 0.29) is 11.7 Å². The van der Waals surface area contributed by atoms with Crippen LogP contribution in [0.3, 0.4) is 0 Å². The van der Waals surface area contributed by atoms with Crippen molar-refractivity contribution in [1.29, 1.82) is 0 Å². The number of benzene rings is 1. The largest absolute Gasteiger partial charge is 0.473 e. The van der Waals surface area contributed by atoms with Gasteiger partial charge < -0.3 is 9.84 Å². The van der Waals surface area contributed by atoms with Crippen LogP contribution in [-0.2, 0) is 20.9 Å². The Balaban J connectivity index is 2.47. The molecule has 0 saturated heterocycles. The lowest BCUT2D eigenvalue weighted by atomic mass is 10.2. The Labute approximate surface area is 116 Å². The number of rotatable bonds is 7. The summed E-state index contributed by atoms with van der Waals surface area (Å²) in [6.45, 7) is 2.14. The van der Waals surface area contributed by atoms with Crippen molar-refractivity contribution in [2.24, 2.45) is 0 Å². The van der Waals surface area contributed by atoms with E-state index in [1.165, 1.54) is 17.7 Å². The van der Waals surface area contributed by atoms with Gasteiger partial charge in [0.25, 0.3) is 0 Å². The van der Waals surface area contributed by atoms with Crippen LogP contribution in [0.2, 0.25) is 0 Å². The van der Waals surface area contributed by atoms with Gasteiger partial charge in [0.15, 0.2) is 5.12 Å². The first kappa shape index (κ1) is 15.3. The van der Waals surface area contributed by atoms with Gasteiger partial charge in [-0.2, -0.15) is 0 Å². The van der Waals surface area contributed by atoms with Crippen molar-refractivity contribution in [3.8, 4) is 0 Å². The molecule has 1 aromatic rings. The zero-order valence-corrected chi connectivity index (χ0v) is 11.5. The highest BCUT2D eigenvalue weighted by atomic mass is 32.2. The fourth-order valence-electron chi connectivity index (χ4n) is 1.34. The average Bonchev–Trinajstić information content (AvgIpc) is 2.44. The molecule has 0 aliphatic rings. The molecule has 5 heteroatoms. The summed E-state index contributed by atoms with van der Waals surface area (Å²) in [5, 5.41) is 8.96. The summed E-state index contributed by atoms with van der Waals surface area (Å²) in [7, 11) is 0. The maximum Gasteiger partial charge on any atom is 0.367 e. The molecular formula is C14H16O4S. The molecule has 0 amide bonds. The topological polar surface area (TPSA) is 63.6 Å². The molecule has 0 spiro atoms. The molecule has 1 aromatic carbocycles. The van der Waals surface area contributed by atoms with Gasteiger partial charge in [0, 0.05) is 11.3 Å². The molecule has 0 unspecified atom stereocenters. The van der Waals surface area contributed by atoms with Crippen molar-refractivity contribution in [2.45, 2.75) is 37.7 Å². The van der Waals surface area contributed by atoms with Crippen LogP contribution >= 0.6 is 11.8 Å². The number of carbonyl (C=O) groups excluding carboxylic acids is 2. The van der Waals surface area contributed by atoms with Crippen molar-refractivity contribution in [3.63, 3.8) is 0 Å². The van der Waals surface area contributed by atoms with Crippen LogP contribution in [0, 0.1) is 0 Å². The van der Waals surface area contributed by atoms with Crippen LogP contribution in [0.1, 0.15) is 31.7 Å². The fraction of sp³-hybridized carbons (Fsp3) is 0.357. The Kier molecular flexibility index (Phi) is 6.79. The quantitative estimate of drug-likeness (QED) is 0.472. The van der Waals surface area contributed by atoms with Gasteiger partial charge in [-0.1, -0.05) is 37.2 Å². The molecule has 0 radical (unpaired) electrons. The zero-order valence-electron chi connectivity index (χ0n) is 10.7. The highest BCUT2D eigenvalue weighted by Gasteiger charge is 2.04. The van der Waals surface area contributed by atoms with Gasteiger partial charge in [-0.3, -0.25) is 4.79 Å². The standard InChI is InChI=1S/C14H16O4S/c1-2-3-4-14(17)19-12-7-5-11(6-8-12)10-18-13(16)9-15/h5-8,16H,2-4,10H2,1H3. The number of thioether (sulfide) groups is 1. The number of hydrogen-bond donors (Lipinski definition) is 1. The predicted molar refractivity (Wildman–Crippen MR) is 73.5 cm³/mol. The Bertz CT molecular complexity index is 461. The third-order valence-electron chi connectivity index (χ3n) is 2.35. The van der Waals surface area contributed by atoms with E-state index in [9.17, 15) is 9.59 Å². The van der Waals surface area contributed by atoms with E-state index >= 15 is 0 Å². The van der Waals surface area contributed by atoms with Gasteiger partial charge in [0.2, 0.25) is 5.94 Å². The van der Waals surface area contributed by atoms with Gasteiger partial charge in [-0.25, -0.2) is 4.79 Å². The minimum Gasteiger partial charge on any atom is -0.473 e. The molecule has 1 N–H and O–H groups in total. The van der Waals surface area contributed by atoms with E-state index in [2.05, 4.69) is 6.92 Å². The molecule has 4 nitrogen and oxygen atoms in total. The minimum absolute atomic E-state index is 0.0931. The number of unbranched alkanes of at least 4 members (excludes halogenated alkanes) is 1. The van der Waals surface area contributed by atoms with Gasteiger partial charge in [0.05, 0.1) is 0 Å². The van der Waals surface area contributed by atoms with E-state index in [1.807, 2.05) is 12.1 Å². The first-order chi connectivity index (χ1) is 9.15. The Morgan fingerprint density at radius 3 is 2.63 bits per heavy atom. The first-order valence-corrected chi connectivity index (χ1v) is 6.83. The van der Waals surface area contributed by atoms with Crippen LogP contribution < -0.4 is 0 Å². The molecule has 0 saturated carbocycles. The van der Waals surface area contributed by atoms with E-state index in [0.29, 0.717) is 6.42 Å². The van der Waals surface area contributed by atoms with Crippen molar-refractivity contribution in [2.75, 3.05) is 0 Å². The Hall–Kier alpha value is -1.71. The number of aliphatic hydroxyl groups is 1. The SMILES string of the molecule is CCCCC(=O)Sc1ccc(COC(O)=C=O)cc1. The van der Waals surface area contributed by atoms with Gasteiger partial charge in [-0.15, -0.1) is 0 Å². The van der Waals surface area contributed by atoms with Crippen LogP contribution in [0.25, 0.3) is 0 Å². The molecule has 0 heterocycles. The van der Waals surface area contributed by atoms with Crippen LogP contribution in [0.5, 0.6) is 0 Å². The van der Waals surface area contributed by atoms with Crippen molar-refractivity contribution in [1.82, 2.24) is 0 Å². The average molecular weight is 280 g/mol. The Morgan fingerprint density at radius 1 is 1.37 bits per heavy atom. The second-order valence-electron chi connectivity index (χ2n) is 3.92. The van der Waals surface area contributed by atoms with E-state index in [1.54, 1.807) is 12.1 Å². The molecule has 0 bridgehead atoms. The highest BCUT2D eigenvalue weighted by Crippen LogP contribution is 2.21. The second-order valence-corrected chi connectivity index (χ2v) is 5.05. The highest BCUT2D eigenvalue weighted by molar-refractivity contribution is 8.13. The first-order valence-electron chi connectivity index (χ1n) is 6.02. The summed E-state index contributed by atoms with van der Waals surface area (Å²) in [5.74, 6) is 0.487. The number of hydrogen-bond acceptors (Lipinski definition) is 5. The summed E-state index contributed by atoms with van der Waals surface area (Å²) in [6, 6.07) is 7.20. The van der Waals surface area contributed by atoms with Crippen molar-refractivity contribution >= 4 is 22.8 Å². The maximum atomic E-state index is 11.6. The molecule has 0 atom stereocenters. The van der Waals surface area contributed by atoms with Gasteiger partial charge >= 0.3 is 5.95 Å². The molecule has 0 fully saturated rings. The summed E-state index contributed by atoms with van der Waals surface area (Å²) in [4.78, 5) is 22.5. The smallest absolute Gasteiger partial charge is 0.367 e. The van der Waals surface area contributed by atoms with Gasteiger partial charge in [-0.05, 0) is 24.1 Å². The summed E-state index contributed by atoms with van der Waals surface area (Å²) >= 11 is 1.22. The summed E-state index contributed by atoms with van der Waals surface area (Å²) in [5.41, 5.74) is 0.798. The third kappa shape index (κ3) is 6.13. The minimum atomic E-state index is -0.756. The van der Waals surface area contributed by atoms with Crippen molar-refractivity contribution < 1.29 is 19.4 Å². The Morgan fingerprint density at radius 2 is 2.05 bits per heavy atom. The lowest BCUT2D eigenvalue weighted by Gasteiger charge is -2.04. The zero-order chi connectivity index (χ0) is 14.1. The second kappa shape index (κ2) is 8.40. The number of ether oxygens (including phenoxy) is 1. The van der Waals surface area contributed by atoms with E-state index in [0.717, 1.165) is 23.3 Å². The van der Waals surface area contributed by atoms with Crippen LogP contribution in [-0.4, -0.2) is 16.2 Å². The summed E-state index contributed by atoms with van der Waals surface area (Å²) in [6.07, 6.45) is 2.51. The summed E-state index contributed by atoms with van der Waals surface area (Å²) < 4.78 is 4.73. The van der Waals surface area contributed by atoms with Crippen molar-refractivity contribution in [3.05, 3.63) is 35.8 Å². The molecule has 0 aliphatic carbocycles. The lowest BCUT2D eigenvalue weighted by molar-refractivity contribution is -0.111. The molecule has 0 aromatic heterocycles. The van der Waals surface area contributed by atoms with E-state index in [4.69, 9.17) is 9.84 Å². The number of aliphatic hydroxyl groups excluding tert-OH is 1. The monoisotopic (exact) mass is 280 g/mol. The normalized spacial score (nSPS) is 9.74.